The van der Waals surface area contributed by atoms with Gasteiger partial charge in [0, 0.05) is 12.0 Å². The standard InChI is InChI=1S/C33H34N3O9P/c1-5-43-46(38,44-6-2)18-16-25-20-36(26-11-8-7-9-12-26)35-31(25)42-21-24-14-15-29(27(19-24)33(37)39-4)41-22-28-23(3)45-32(34-28)30-13-10-17-40-30/h7-20H,5-6,21-22H2,1-4H3. The third-order valence-corrected chi connectivity index (χ3v) is 8.35. The van der Waals surface area contributed by atoms with Crippen LogP contribution in [0.5, 0.6) is 11.6 Å². The number of oxazole rings is 1. The van der Waals surface area contributed by atoms with E-state index in [1.165, 1.54) is 19.2 Å². The van der Waals surface area contributed by atoms with E-state index in [4.69, 9.17) is 32.1 Å². The summed E-state index contributed by atoms with van der Waals surface area (Å²) in [7, 11) is -2.17. The fraction of sp³-hybridized carbons (Fsp3) is 0.242. The molecule has 0 unspecified atom stereocenters. The Morgan fingerprint density at radius 2 is 1.78 bits per heavy atom. The molecule has 0 fully saturated rings. The number of furan rings is 1. The first-order valence-electron chi connectivity index (χ1n) is 14.5. The number of aromatic nitrogens is 3. The highest BCUT2D eigenvalue weighted by molar-refractivity contribution is 7.57. The molecular formula is C33H34N3O9P. The number of benzene rings is 2. The first kappa shape index (κ1) is 32.5. The molecule has 0 spiro atoms. The summed E-state index contributed by atoms with van der Waals surface area (Å²) in [5, 5.41) is 4.60. The van der Waals surface area contributed by atoms with E-state index in [1.54, 1.807) is 68.1 Å². The zero-order chi connectivity index (χ0) is 32.5. The summed E-state index contributed by atoms with van der Waals surface area (Å²) >= 11 is 0. The zero-order valence-corrected chi connectivity index (χ0v) is 26.8. The number of esters is 1. The van der Waals surface area contributed by atoms with Gasteiger partial charge in [0.25, 0.3) is 5.89 Å². The number of hydrogen-bond acceptors (Lipinski definition) is 11. The van der Waals surface area contributed by atoms with Crippen LogP contribution >= 0.6 is 7.60 Å². The fourth-order valence-electron chi connectivity index (χ4n) is 4.39. The van der Waals surface area contributed by atoms with Crippen molar-refractivity contribution >= 4 is 19.6 Å². The molecule has 0 radical (unpaired) electrons. The normalized spacial score (nSPS) is 11.7. The maximum absolute atomic E-state index is 13.1. The van der Waals surface area contributed by atoms with Gasteiger partial charge in [-0.2, -0.15) is 0 Å². The van der Waals surface area contributed by atoms with Crippen molar-refractivity contribution in [2.45, 2.75) is 34.0 Å². The van der Waals surface area contributed by atoms with Crippen LogP contribution < -0.4 is 9.47 Å². The van der Waals surface area contributed by atoms with Gasteiger partial charge in [0.1, 0.15) is 36.0 Å². The number of ether oxygens (including phenoxy) is 3. The molecule has 46 heavy (non-hydrogen) atoms. The smallest absolute Gasteiger partial charge is 0.354 e. The molecule has 3 heterocycles. The number of aryl methyl sites for hydroxylation is 1. The number of para-hydroxylation sites is 1. The third-order valence-electron chi connectivity index (χ3n) is 6.60. The molecule has 0 aliphatic carbocycles. The molecule has 5 rings (SSSR count). The van der Waals surface area contributed by atoms with Crippen LogP contribution in [0, 0.1) is 6.92 Å². The Bertz CT molecular complexity index is 1820. The van der Waals surface area contributed by atoms with E-state index in [0.29, 0.717) is 40.0 Å². The molecule has 0 saturated heterocycles. The van der Waals surface area contributed by atoms with Crippen LogP contribution in [0.15, 0.2) is 87.8 Å². The van der Waals surface area contributed by atoms with Crippen molar-refractivity contribution in [3.8, 4) is 29.0 Å². The molecule has 3 aromatic heterocycles. The van der Waals surface area contributed by atoms with E-state index >= 15 is 0 Å². The predicted molar refractivity (Wildman–Crippen MR) is 169 cm³/mol. The van der Waals surface area contributed by atoms with Gasteiger partial charge in [-0.05, 0) is 68.8 Å². The first-order valence-corrected chi connectivity index (χ1v) is 16.1. The van der Waals surface area contributed by atoms with Crippen molar-refractivity contribution in [3.63, 3.8) is 0 Å². The molecule has 0 aliphatic rings. The number of hydrogen-bond donors (Lipinski definition) is 0. The van der Waals surface area contributed by atoms with Crippen LogP contribution in [-0.4, -0.2) is 41.1 Å². The summed E-state index contributed by atoms with van der Waals surface area (Å²) in [5.74, 6) is 2.79. The highest BCUT2D eigenvalue weighted by atomic mass is 31.2. The van der Waals surface area contributed by atoms with Gasteiger partial charge in [-0.15, -0.1) is 5.10 Å². The second kappa shape index (κ2) is 14.9. The quantitative estimate of drug-likeness (QED) is 0.0820. The Balaban J connectivity index is 1.36. The molecule has 0 N–H and O–H groups in total. The van der Waals surface area contributed by atoms with Crippen molar-refractivity contribution < 1.29 is 41.5 Å². The van der Waals surface area contributed by atoms with Crippen molar-refractivity contribution in [2.75, 3.05) is 20.3 Å². The summed E-state index contributed by atoms with van der Waals surface area (Å²) < 4.78 is 53.7. The Kier molecular flexibility index (Phi) is 10.5. The van der Waals surface area contributed by atoms with Crippen LogP contribution in [0.3, 0.4) is 0 Å². The Hall–Kier alpha value is -4.90. The van der Waals surface area contributed by atoms with Crippen molar-refractivity contribution in [2.24, 2.45) is 0 Å². The molecular weight excluding hydrogens is 613 g/mol. The second-order valence-electron chi connectivity index (χ2n) is 9.76. The van der Waals surface area contributed by atoms with Crippen molar-refractivity contribution in [3.05, 3.63) is 107 Å². The summed E-state index contributed by atoms with van der Waals surface area (Å²) in [6, 6.07) is 18.1. The lowest BCUT2D eigenvalue weighted by atomic mass is 10.1. The monoisotopic (exact) mass is 647 g/mol. The van der Waals surface area contributed by atoms with Gasteiger partial charge in [0.2, 0.25) is 5.88 Å². The van der Waals surface area contributed by atoms with Gasteiger partial charge in [0.15, 0.2) is 5.76 Å². The predicted octanol–water partition coefficient (Wildman–Crippen LogP) is 7.61. The van der Waals surface area contributed by atoms with Crippen molar-refractivity contribution in [1.29, 1.82) is 0 Å². The van der Waals surface area contributed by atoms with Gasteiger partial charge in [-0.3, -0.25) is 4.57 Å². The van der Waals surface area contributed by atoms with E-state index in [-0.39, 0.29) is 37.9 Å². The summed E-state index contributed by atoms with van der Waals surface area (Å²) in [5.41, 5.74) is 2.78. The van der Waals surface area contributed by atoms with E-state index in [2.05, 4.69) is 10.1 Å². The van der Waals surface area contributed by atoms with E-state index < -0.39 is 13.6 Å². The van der Waals surface area contributed by atoms with E-state index in [0.717, 1.165) is 5.69 Å². The van der Waals surface area contributed by atoms with Gasteiger partial charge < -0.3 is 32.1 Å². The Morgan fingerprint density at radius 3 is 2.48 bits per heavy atom. The molecule has 13 heteroatoms. The Morgan fingerprint density at radius 1 is 1.00 bits per heavy atom. The Labute approximate surface area is 266 Å². The van der Waals surface area contributed by atoms with Crippen LogP contribution in [0.4, 0.5) is 0 Å². The topological polar surface area (TPSA) is 137 Å². The van der Waals surface area contributed by atoms with Crippen LogP contribution in [0.2, 0.25) is 0 Å². The third kappa shape index (κ3) is 7.84. The largest absolute Gasteiger partial charge is 0.486 e. The van der Waals surface area contributed by atoms with Crippen LogP contribution in [0.25, 0.3) is 23.4 Å². The highest BCUT2D eigenvalue weighted by Crippen LogP contribution is 2.50. The second-order valence-corrected chi connectivity index (χ2v) is 11.7. The average Bonchev–Trinajstić information content (AvgIpc) is 3.83. The number of rotatable bonds is 15. The molecule has 0 amide bonds. The lowest BCUT2D eigenvalue weighted by molar-refractivity contribution is 0.0595. The fourth-order valence-corrected chi connectivity index (χ4v) is 5.70. The number of carbonyl (C=O) groups is 1. The molecule has 2 aromatic carbocycles. The van der Waals surface area contributed by atoms with E-state index in [9.17, 15) is 9.36 Å². The molecule has 240 valence electrons. The van der Waals surface area contributed by atoms with Gasteiger partial charge in [-0.1, -0.05) is 24.3 Å². The summed E-state index contributed by atoms with van der Waals surface area (Å²) in [4.78, 5) is 17.2. The van der Waals surface area contributed by atoms with Crippen LogP contribution in [0.1, 0.15) is 46.8 Å². The molecule has 0 aliphatic heterocycles. The minimum Gasteiger partial charge on any atom is -0.486 e. The first-order chi connectivity index (χ1) is 22.3. The minimum absolute atomic E-state index is 0.0514. The minimum atomic E-state index is -3.47. The van der Waals surface area contributed by atoms with Gasteiger partial charge in [0.05, 0.1) is 37.8 Å². The molecule has 12 nitrogen and oxygen atoms in total. The molecule has 0 atom stereocenters. The van der Waals surface area contributed by atoms with Crippen molar-refractivity contribution in [1.82, 2.24) is 14.8 Å². The molecule has 0 bridgehead atoms. The van der Waals surface area contributed by atoms with Gasteiger partial charge >= 0.3 is 13.6 Å². The lowest BCUT2D eigenvalue weighted by Gasteiger charge is -2.13. The zero-order valence-electron chi connectivity index (χ0n) is 25.9. The average molecular weight is 648 g/mol. The molecule has 0 saturated carbocycles. The van der Waals surface area contributed by atoms with Crippen LogP contribution in [-0.2, 0) is 31.6 Å². The maximum atomic E-state index is 13.1. The maximum Gasteiger partial charge on any atom is 0.354 e. The lowest BCUT2D eigenvalue weighted by Crippen LogP contribution is -2.08. The van der Waals surface area contributed by atoms with E-state index in [1.807, 2.05) is 30.3 Å². The highest BCUT2D eigenvalue weighted by Gasteiger charge is 2.21. The summed E-state index contributed by atoms with van der Waals surface area (Å²) in [6.07, 6.45) is 4.89. The number of nitrogens with zero attached hydrogens (tertiary/aromatic N) is 3. The SMILES string of the molecule is CCOP(=O)(C=Cc1cn(-c2ccccc2)nc1OCc1ccc(OCc2nc(-c3ccco3)oc2C)c(C(=O)OC)c1)OCC. The van der Waals surface area contributed by atoms with Gasteiger partial charge in [-0.25, -0.2) is 14.5 Å². The number of methoxy groups -OCH3 is 1. The number of carbonyl (C=O) groups excluding carboxylic acids is 1. The molecule has 5 aromatic rings. The summed E-state index contributed by atoms with van der Waals surface area (Å²) in [6.45, 7) is 5.81.